The molecule has 0 aliphatic rings. The number of ether oxygens (including phenoxy) is 1. The van der Waals surface area contributed by atoms with Crippen LogP contribution in [-0.2, 0) is 11.3 Å². The predicted octanol–water partition coefficient (Wildman–Crippen LogP) is 3.87. The van der Waals surface area contributed by atoms with Crippen molar-refractivity contribution >= 4 is 17.7 Å². The largest absolute Gasteiger partial charge is 0.444 e. The van der Waals surface area contributed by atoms with Crippen molar-refractivity contribution < 1.29 is 13.9 Å². The third-order valence-electron chi connectivity index (χ3n) is 2.77. The molecule has 0 saturated heterocycles. The van der Waals surface area contributed by atoms with E-state index < -0.39 is 11.7 Å². The lowest BCUT2D eigenvalue weighted by molar-refractivity contribution is 0.0513. The molecular formula is C16H24ClFN2O2. The van der Waals surface area contributed by atoms with E-state index in [4.69, 9.17) is 16.3 Å². The van der Waals surface area contributed by atoms with Crippen molar-refractivity contribution in [3.63, 3.8) is 0 Å². The van der Waals surface area contributed by atoms with Gasteiger partial charge in [0.15, 0.2) is 0 Å². The molecule has 1 amide bonds. The lowest BCUT2D eigenvalue weighted by Crippen LogP contribution is -2.49. The summed E-state index contributed by atoms with van der Waals surface area (Å²) in [6, 6.07) is 4.39. The fourth-order valence-corrected chi connectivity index (χ4v) is 1.97. The van der Waals surface area contributed by atoms with E-state index >= 15 is 0 Å². The monoisotopic (exact) mass is 330 g/mol. The van der Waals surface area contributed by atoms with Crippen LogP contribution < -0.4 is 10.6 Å². The van der Waals surface area contributed by atoms with E-state index in [1.54, 1.807) is 6.07 Å². The average molecular weight is 331 g/mol. The first-order chi connectivity index (χ1) is 9.97. The third-order valence-corrected chi connectivity index (χ3v) is 2.99. The highest BCUT2D eigenvalue weighted by Gasteiger charge is 2.21. The number of carbonyl (C=O) groups excluding carboxylic acids is 1. The lowest BCUT2D eigenvalue weighted by Gasteiger charge is -2.28. The normalized spacial score (nSPS) is 12.1. The summed E-state index contributed by atoms with van der Waals surface area (Å²) in [4.78, 5) is 11.6. The van der Waals surface area contributed by atoms with Gasteiger partial charge < -0.3 is 15.4 Å². The zero-order valence-corrected chi connectivity index (χ0v) is 14.5. The predicted molar refractivity (Wildman–Crippen MR) is 86.6 cm³/mol. The number of amides is 1. The van der Waals surface area contributed by atoms with Gasteiger partial charge in [-0.05, 0) is 58.4 Å². The average Bonchev–Trinajstić information content (AvgIpc) is 2.31. The van der Waals surface area contributed by atoms with Crippen molar-refractivity contribution in [2.45, 2.75) is 52.3 Å². The number of rotatable bonds is 5. The Morgan fingerprint density at radius 2 is 1.86 bits per heavy atom. The second kappa shape index (κ2) is 7.29. The molecular weight excluding hydrogens is 307 g/mol. The van der Waals surface area contributed by atoms with Crippen LogP contribution in [0, 0.1) is 5.82 Å². The van der Waals surface area contributed by atoms with Gasteiger partial charge in [0.1, 0.15) is 11.4 Å². The molecule has 0 radical (unpaired) electrons. The summed E-state index contributed by atoms with van der Waals surface area (Å²) in [7, 11) is 0. The summed E-state index contributed by atoms with van der Waals surface area (Å²) in [5.74, 6) is -0.367. The van der Waals surface area contributed by atoms with E-state index in [0.717, 1.165) is 5.56 Å². The fraction of sp³-hybridized carbons (Fsp3) is 0.562. The molecule has 0 spiro atoms. The molecule has 0 saturated carbocycles. The molecule has 0 unspecified atom stereocenters. The van der Waals surface area contributed by atoms with Crippen molar-refractivity contribution in [3.05, 3.63) is 34.6 Å². The quantitative estimate of drug-likeness (QED) is 0.861. The highest BCUT2D eigenvalue weighted by molar-refractivity contribution is 6.30. The molecule has 1 rings (SSSR count). The van der Waals surface area contributed by atoms with Gasteiger partial charge in [-0.1, -0.05) is 11.6 Å². The third kappa shape index (κ3) is 7.61. The number of carbonyl (C=O) groups is 1. The number of alkyl carbamates (subject to hydrolysis) is 1. The molecule has 0 aromatic heterocycles. The number of hydrogen-bond acceptors (Lipinski definition) is 3. The summed E-state index contributed by atoms with van der Waals surface area (Å²) in [6.45, 7) is 10.1. The van der Waals surface area contributed by atoms with Crippen LogP contribution in [-0.4, -0.2) is 23.8 Å². The first-order valence-corrected chi connectivity index (χ1v) is 7.51. The van der Waals surface area contributed by atoms with Crippen LogP contribution in [0.25, 0.3) is 0 Å². The Morgan fingerprint density at radius 3 is 2.41 bits per heavy atom. The van der Waals surface area contributed by atoms with E-state index in [1.165, 1.54) is 12.1 Å². The minimum atomic E-state index is -0.528. The SMILES string of the molecule is CC(C)(CNC(=O)OC(C)(C)C)NCc1cc(F)cc(Cl)c1. The molecule has 1 aromatic rings. The van der Waals surface area contributed by atoms with Gasteiger partial charge in [0, 0.05) is 23.7 Å². The molecule has 0 heterocycles. The van der Waals surface area contributed by atoms with Gasteiger partial charge in [-0.25, -0.2) is 9.18 Å². The zero-order valence-electron chi connectivity index (χ0n) is 13.7. The van der Waals surface area contributed by atoms with Crippen molar-refractivity contribution in [1.29, 1.82) is 0 Å². The molecule has 0 bridgehead atoms. The maximum atomic E-state index is 13.3. The van der Waals surface area contributed by atoms with Crippen molar-refractivity contribution in [3.8, 4) is 0 Å². The van der Waals surface area contributed by atoms with Gasteiger partial charge in [0.25, 0.3) is 0 Å². The van der Waals surface area contributed by atoms with E-state index in [0.29, 0.717) is 18.1 Å². The van der Waals surface area contributed by atoms with Gasteiger partial charge in [0.2, 0.25) is 0 Å². The van der Waals surface area contributed by atoms with Gasteiger partial charge in [-0.15, -0.1) is 0 Å². The molecule has 0 fully saturated rings. The number of hydrogen-bond donors (Lipinski definition) is 2. The second-order valence-electron chi connectivity index (χ2n) is 6.87. The summed E-state index contributed by atoms with van der Waals surface area (Å²) < 4.78 is 18.5. The zero-order chi connectivity index (χ0) is 17.0. The van der Waals surface area contributed by atoms with Crippen molar-refractivity contribution in [2.24, 2.45) is 0 Å². The smallest absolute Gasteiger partial charge is 0.407 e. The Hall–Kier alpha value is -1.33. The molecule has 0 atom stereocenters. The van der Waals surface area contributed by atoms with Crippen LogP contribution in [0.4, 0.5) is 9.18 Å². The van der Waals surface area contributed by atoms with E-state index in [1.807, 2.05) is 34.6 Å². The summed E-state index contributed by atoms with van der Waals surface area (Å²) >= 11 is 5.82. The van der Waals surface area contributed by atoms with Crippen LogP contribution in [0.1, 0.15) is 40.2 Å². The number of nitrogens with one attached hydrogen (secondary N) is 2. The molecule has 6 heteroatoms. The molecule has 22 heavy (non-hydrogen) atoms. The molecule has 2 N–H and O–H groups in total. The summed E-state index contributed by atoms with van der Waals surface area (Å²) in [5.41, 5.74) is -0.161. The van der Waals surface area contributed by atoms with Gasteiger partial charge >= 0.3 is 6.09 Å². The number of benzene rings is 1. The Kier molecular flexibility index (Phi) is 6.20. The molecule has 0 aliphatic carbocycles. The topological polar surface area (TPSA) is 50.4 Å². The van der Waals surface area contributed by atoms with Crippen LogP contribution in [0.2, 0.25) is 5.02 Å². The fourth-order valence-electron chi connectivity index (χ4n) is 1.72. The minimum absolute atomic E-state index is 0.362. The number of halogens is 2. The van der Waals surface area contributed by atoms with Gasteiger partial charge in [-0.2, -0.15) is 0 Å². The van der Waals surface area contributed by atoms with Crippen LogP contribution in [0.5, 0.6) is 0 Å². The van der Waals surface area contributed by atoms with Crippen LogP contribution >= 0.6 is 11.6 Å². The lowest BCUT2D eigenvalue weighted by atomic mass is 10.1. The molecule has 0 aliphatic heterocycles. The molecule has 4 nitrogen and oxygen atoms in total. The van der Waals surface area contributed by atoms with Crippen molar-refractivity contribution in [1.82, 2.24) is 10.6 Å². The van der Waals surface area contributed by atoms with E-state index in [2.05, 4.69) is 10.6 Å². The Labute approximate surface area is 136 Å². The van der Waals surface area contributed by atoms with Crippen molar-refractivity contribution in [2.75, 3.05) is 6.54 Å². The Balaban J connectivity index is 2.48. The second-order valence-corrected chi connectivity index (χ2v) is 7.31. The maximum Gasteiger partial charge on any atom is 0.407 e. The first-order valence-electron chi connectivity index (χ1n) is 7.14. The maximum absolute atomic E-state index is 13.3. The van der Waals surface area contributed by atoms with E-state index in [9.17, 15) is 9.18 Å². The van der Waals surface area contributed by atoms with Crippen LogP contribution in [0.15, 0.2) is 18.2 Å². The molecule has 124 valence electrons. The van der Waals surface area contributed by atoms with Gasteiger partial charge in [0.05, 0.1) is 0 Å². The molecule has 1 aromatic carbocycles. The summed E-state index contributed by atoms with van der Waals surface area (Å²) in [5, 5.41) is 6.33. The van der Waals surface area contributed by atoms with Crippen LogP contribution in [0.3, 0.4) is 0 Å². The van der Waals surface area contributed by atoms with Gasteiger partial charge in [-0.3, -0.25) is 0 Å². The highest BCUT2D eigenvalue weighted by atomic mass is 35.5. The Bertz CT molecular complexity index is 507. The Morgan fingerprint density at radius 1 is 1.23 bits per heavy atom. The van der Waals surface area contributed by atoms with E-state index in [-0.39, 0.29) is 11.4 Å². The highest BCUT2D eigenvalue weighted by Crippen LogP contribution is 2.15. The first kappa shape index (κ1) is 18.7. The standard InChI is InChI=1S/C16H24ClFN2O2/c1-15(2,3)22-14(21)19-10-16(4,5)20-9-11-6-12(17)8-13(18)7-11/h6-8,20H,9-10H2,1-5H3,(H,19,21). The minimum Gasteiger partial charge on any atom is -0.444 e. The summed E-state index contributed by atoms with van der Waals surface area (Å²) in [6.07, 6.45) is -0.462.